The van der Waals surface area contributed by atoms with Gasteiger partial charge in [0.15, 0.2) is 0 Å². The Labute approximate surface area is 79.8 Å². The van der Waals surface area contributed by atoms with Crippen LogP contribution in [0.2, 0.25) is 0 Å². The van der Waals surface area contributed by atoms with Crippen molar-refractivity contribution in [3.8, 4) is 0 Å². The number of amidine groups is 1. The van der Waals surface area contributed by atoms with Crippen LogP contribution in [-0.2, 0) is 0 Å². The average molecular weight is 176 g/mol. The summed E-state index contributed by atoms with van der Waals surface area (Å²) in [4.78, 5) is 4.41. The Morgan fingerprint density at radius 1 is 1.46 bits per heavy atom. The Morgan fingerprint density at radius 2 is 2.23 bits per heavy atom. The Kier molecular flexibility index (Phi) is 3.50. The molecule has 0 aromatic heterocycles. The van der Waals surface area contributed by atoms with Gasteiger partial charge < -0.3 is 5.32 Å². The van der Waals surface area contributed by atoms with Gasteiger partial charge in [0.25, 0.3) is 0 Å². The Morgan fingerprint density at radius 3 is 2.92 bits per heavy atom. The third-order valence-corrected chi connectivity index (χ3v) is 1.75. The van der Waals surface area contributed by atoms with Crippen LogP contribution in [-0.4, -0.2) is 12.4 Å². The molecule has 0 aliphatic carbocycles. The molecule has 0 atom stereocenters. The molecule has 1 heterocycles. The van der Waals surface area contributed by atoms with E-state index in [1.165, 1.54) is 0 Å². The molecule has 0 amide bonds. The summed E-state index contributed by atoms with van der Waals surface area (Å²) in [7, 11) is 0. The fraction of sp³-hybridized carbons (Fsp3) is 0.364. The molecule has 2 heteroatoms. The van der Waals surface area contributed by atoms with Crippen LogP contribution in [0, 0.1) is 5.92 Å². The monoisotopic (exact) mass is 176 g/mol. The molecule has 0 fully saturated rings. The highest BCUT2D eigenvalue weighted by molar-refractivity contribution is 5.86. The van der Waals surface area contributed by atoms with Gasteiger partial charge in [-0.25, -0.2) is 0 Å². The highest BCUT2D eigenvalue weighted by Crippen LogP contribution is 2.00. The molecular weight excluding hydrogens is 160 g/mol. The van der Waals surface area contributed by atoms with E-state index in [1.54, 1.807) is 0 Å². The largest absolute Gasteiger partial charge is 0.344 e. The van der Waals surface area contributed by atoms with Crippen LogP contribution < -0.4 is 5.32 Å². The fourth-order valence-corrected chi connectivity index (χ4v) is 1.03. The number of rotatable bonds is 1. The molecule has 13 heavy (non-hydrogen) atoms. The van der Waals surface area contributed by atoms with Crippen molar-refractivity contribution < 1.29 is 0 Å². The third kappa shape index (κ3) is 3.28. The lowest BCUT2D eigenvalue weighted by molar-refractivity contribution is 0.834. The molecule has 0 aromatic carbocycles. The molecule has 0 unspecified atom stereocenters. The summed E-state index contributed by atoms with van der Waals surface area (Å²) in [5.41, 5.74) is 0.888. The standard InChI is InChI=1S/C11H16N2/c1-9(2)11-12-8-6-4-5-7-10(3)13-11/h4-7,9H,3,8H2,1-2H3,(H,12,13). The van der Waals surface area contributed by atoms with Gasteiger partial charge in [0.1, 0.15) is 5.84 Å². The predicted molar refractivity (Wildman–Crippen MR) is 57.7 cm³/mol. The Balaban J connectivity index is 2.79. The minimum atomic E-state index is 0.414. The van der Waals surface area contributed by atoms with Crippen LogP contribution in [0.4, 0.5) is 0 Å². The van der Waals surface area contributed by atoms with Gasteiger partial charge >= 0.3 is 0 Å². The van der Waals surface area contributed by atoms with Crippen molar-refractivity contribution in [1.29, 1.82) is 0 Å². The molecule has 70 valence electrons. The van der Waals surface area contributed by atoms with Gasteiger partial charge in [-0.2, -0.15) is 0 Å². The lowest BCUT2D eigenvalue weighted by Gasteiger charge is -2.12. The molecule has 2 nitrogen and oxygen atoms in total. The zero-order valence-corrected chi connectivity index (χ0v) is 8.25. The van der Waals surface area contributed by atoms with E-state index >= 15 is 0 Å². The van der Waals surface area contributed by atoms with E-state index in [4.69, 9.17) is 0 Å². The number of hydrogen-bond acceptors (Lipinski definition) is 2. The maximum absolute atomic E-state index is 4.41. The van der Waals surface area contributed by atoms with Crippen LogP contribution >= 0.6 is 0 Å². The molecule has 0 radical (unpaired) electrons. The minimum Gasteiger partial charge on any atom is -0.344 e. The Bertz CT molecular complexity index is 270. The van der Waals surface area contributed by atoms with E-state index in [1.807, 2.05) is 24.3 Å². The summed E-state index contributed by atoms with van der Waals surface area (Å²) in [6.45, 7) is 8.84. The SMILES string of the molecule is C=C1C=CC=CCN=C(C(C)C)N1. The first-order valence-electron chi connectivity index (χ1n) is 4.53. The van der Waals surface area contributed by atoms with Crippen LogP contribution in [0.5, 0.6) is 0 Å². The summed E-state index contributed by atoms with van der Waals surface area (Å²) < 4.78 is 0. The second kappa shape index (κ2) is 4.65. The van der Waals surface area contributed by atoms with E-state index < -0.39 is 0 Å². The van der Waals surface area contributed by atoms with Crippen molar-refractivity contribution in [2.24, 2.45) is 10.9 Å². The first-order valence-corrected chi connectivity index (χ1v) is 4.53. The fourth-order valence-electron chi connectivity index (χ4n) is 1.03. The molecule has 1 rings (SSSR count). The summed E-state index contributed by atoms with van der Waals surface area (Å²) >= 11 is 0. The van der Waals surface area contributed by atoms with Crippen LogP contribution in [0.3, 0.4) is 0 Å². The van der Waals surface area contributed by atoms with Crippen LogP contribution in [0.1, 0.15) is 13.8 Å². The molecule has 0 aromatic rings. The summed E-state index contributed by atoms with van der Waals surface area (Å²) in [6, 6.07) is 0. The molecule has 0 bridgehead atoms. The van der Waals surface area contributed by atoms with Gasteiger partial charge in [0.05, 0.1) is 6.54 Å². The highest BCUT2D eigenvalue weighted by Gasteiger charge is 2.04. The minimum absolute atomic E-state index is 0.414. The van der Waals surface area contributed by atoms with E-state index in [0.717, 1.165) is 18.1 Å². The van der Waals surface area contributed by atoms with Gasteiger partial charge in [-0.1, -0.05) is 38.7 Å². The summed E-state index contributed by atoms with van der Waals surface area (Å²) in [5.74, 6) is 1.41. The van der Waals surface area contributed by atoms with Crippen LogP contribution in [0.15, 0.2) is 41.6 Å². The number of hydrogen-bond donors (Lipinski definition) is 1. The normalized spacial score (nSPS) is 17.5. The Hall–Kier alpha value is -1.31. The van der Waals surface area contributed by atoms with Gasteiger partial charge in [-0.15, -0.1) is 0 Å². The van der Waals surface area contributed by atoms with Gasteiger partial charge in [0.2, 0.25) is 0 Å². The second-order valence-electron chi connectivity index (χ2n) is 3.32. The first kappa shape index (κ1) is 9.78. The molecule has 0 saturated carbocycles. The van der Waals surface area contributed by atoms with Crippen molar-refractivity contribution in [2.75, 3.05) is 6.54 Å². The van der Waals surface area contributed by atoms with Gasteiger partial charge in [0, 0.05) is 11.6 Å². The average Bonchev–Trinajstić information content (AvgIpc) is 2.16. The third-order valence-electron chi connectivity index (χ3n) is 1.75. The van der Waals surface area contributed by atoms with Crippen molar-refractivity contribution in [3.05, 3.63) is 36.6 Å². The number of aliphatic imine (C=N–C) groups is 1. The quantitative estimate of drug-likeness (QED) is 0.651. The number of nitrogens with one attached hydrogen (secondary N) is 1. The predicted octanol–water partition coefficient (Wildman–Crippen LogP) is 2.27. The van der Waals surface area contributed by atoms with Crippen LogP contribution in [0.25, 0.3) is 0 Å². The van der Waals surface area contributed by atoms with Gasteiger partial charge in [-0.05, 0) is 6.08 Å². The zero-order chi connectivity index (χ0) is 9.68. The van der Waals surface area contributed by atoms with Crippen molar-refractivity contribution in [1.82, 2.24) is 5.32 Å². The number of nitrogens with zero attached hydrogens (tertiary/aromatic N) is 1. The molecule has 1 N–H and O–H groups in total. The topological polar surface area (TPSA) is 24.4 Å². The highest BCUT2D eigenvalue weighted by atomic mass is 15.0. The lowest BCUT2D eigenvalue weighted by atomic mass is 10.2. The van der Waals surface area contributed by atoms with Crippen molar-refractivity contribution in [2.45, 2.75) is 13.8 Å². The molecule has 0 saturated heterocycles. The van der Waals surface area contributed by atoms with E-state index in [9.17, 15) is 0 Å². The second-order valence-corrected chi connectivity index (χ2v) is 3.32. The maximum atomic E-state index is 4.41. The summed E-state index contributed by atoms with van der Waals surface area (Å²) in [5, 5.41) is 3.19. The smallest absolute Gasteiger partial charge is 0.104 e. The molecular formula is C11H16N2. The maximum Gasteiger partial charge on any atom is 0.104 e. The van der Waals surface area contributed by atoms with Gasteiger partial charge in [-0.3, -0.25) is 4.99 Å². The molecule has 1 aliphatic heterocycles. The molecule has 0 spiro atoms. The number of allylic oxidation sites excluding steroid dienone is 3. The van der Waals surface area contributed by atoms with E-state index in [2.05, 4.69) is 30.7 Å². The van der Waals surface area contributed by atoms with E-state index in [0.29, 0.717) is 5.92 Å². The van der Waals surface area contributed by atoms with Crippen molar-refractivity contribution in [3.63, 3.8) is 0 Å². The van der Waals surface area contributed by atoms with Crippen molar-refractivity contribution >= 4 is 5.84 Å². The first-order chi connectivity index (χ1) is 6.20. The van der Waals surface area contributed by atoms with E-state index in [-0.39, 0.29) is 0 Å². The lowest BCUT2D eigenvalue weighted by Crippen LogP contribution is -2.26. The summed E-state index contributed by atoms with van der Waals surface area (Å²) in [6.07, 6.45) is 7.92. The molecule has 1 aliphatic rings. The zero-order valence-electron chi connectivity index (χ0n) is 8.25.